The molecule has 0 spiro atoms. The lowest BCUT2D eigenvalue weighted by atomic mass is 10.2. The third kappa shape index (κ3) is 5.87. The van der Waals surface area contributed by atoms with Gasteiger partial charge in [0.15, 0.2) is 0 Å². The van der Waals surface area contributed by atoms with Crippen LogP contribution in [0.1, 0.15) is 31.2 Å². The van der Waals surface area contributed by atoms with Gasteiger partial charge in [-0.05, 0) is 30.5 Å². The summed E-state index contributed by atoms with van der Waals surface area (Å²) in [5, 5.41) is 7.77. The van der Waals surface area contributed by atoms with Crippen LogP contribution in [-0.2, 0) is 21.4 Å². The van der Waals surface area contributed by atoms with E-state index in [0.29, 0.717) is 18.4 Å². The zero-order valence-corrected chi connectivity index (χ0v) is 11.9. The number of carbonyl (C=O) groups is 1. The van der Waals surface area contributed by atoms with Crippen LogP contribution in [0.15, 0.2) is 29.2 Å². The van der Waals surface area contributed by atoms with E-state index in [4.69, 9.17) is 11.6 Å². The van der Waals surface area contributed by atoms with Crippen LogP contribution in [0, 0.1) is 12.3 Å². The van der Waals surface area contributed by atoms with Crippen molar-refractivity contribution in [3.05, 3.63) is 29.8 Å². The average molecular weight is 294 g/mol. The molecule has 0 unspecified atom stereocenters. The maximum atomic E-state index is 11.6. The number of primary sulfonamides is 1. The molecule has 0 radical (unpaired) electrons. The SMILES string of the molecule is C#CCCCCC(=O)NCc1cccc(S(N)(=O)=O)c1. The summed E-state index contributed by atoms with van der Waals surface area (Å²) in [5.41, 5.74) is 0.688. The Labute approximate surface area is 119 Å². The molecule has 0 aliphatic carbocycles. The second-order valence-corrected chi connectivity index (χ2v) is 5.94. The normalized spacial score (nSPS) is 10.8. The van der Waals surface area contributed by atoms with Crippen molar-refractivity contribution in [2.45, 2.75) is 37.1 Å². The average Bonchev–Trinajstić information content (AvgIpc) is 2.41. The number of terminal acetylenes is 1. The molecule has 0 aliphatic heterocycles. The Morgan fingerprint density at radius 3 is 2.75 bits per heavy atom. The summed E-state index contributed by atoms with van der Waals surface area (Å²) < 4.78 is 22.4. The maximum Gasteiger partial charge on any atom is 0.238 e. The van der Waals surface area contributed by atoms with Gasteiger partial charge >= 0.3 is 0 Å². The Kier molecular flexibility index (Phi) is 6.22. The molecule has 1 amide bonds. The molecular weight excluding hydrogens is 276 g/mol. The number of nitrogens with one attached hydrogen (secondary N) is 1. The topological polar surface area (TPSA) is 89.3 Å². The van der Waals surface area contributed by atoms with Crippen LogP contribution in [0.2, 0.25) is 0 Å². The molecule has 0 saturated carbocycles. The molecule has 3 N–H and O–H groups in total. The van der Waals surface area contributed by atoms with Gasteiger partial charge in [-0.3, -0.25) is 4.79 Å². The number of nitrogens with two attached hydrogens (primary N) is 1. The summed E-state index contributed by atoms with van der Waals surface area (Å²) in [6, 6.07) is 6.19. The fourth-order valence-electron chi connectivity index (χ4n) is 1.63. The largest absolute Gasteiger partial charge is 0.352 e. The molecule has 0 atom stereocenters. The molecule has 1 rings (SSSR count). The van der Waals surface area contributed by atoms with E-state index in [1.807, 2.05) is 0 Å². The van der Waals surface area contributed by atoms with Crippen LogP contribution in [-0.4, -0.2) is 14.3 Å². The molecular formula is C14H18N2O3S. The quantitative estimate of drug-likeness (QED) is 0.584. The van der Waals surface area contributed by atoms with Crippen LogP contribution in [0.3, 0.4) is 0 Å². The van der Waals surface area contributed by atoms with Crippen molar-refractivity contribution < 1.29 is 13.2 Å². The van der Waals surface area contributed by atoms with Crippen molar-refractivity contribution in [2.24, 2.45) is 5.14 Å². The van der Waals surface area contributed by atoms with E-state index in [9.17, 15) is 13.2 Å². The summed E-state index contributed by atoms with van der Waals surface area (Å²) in [6.45, 7) is 0.275. The lowest BCUT2D eigenvalue weighted by Gasteiger charge is -2.06. The van der Waals surface area contributed by atoms with Gasteiger partial charge in [-0.2, -0.15) is 0 Å². The van der Waals surface area contributed by atoms with Crippen molar-refractivity contribution in [3.63, 3.8) is 0 Å². The van der Waals surface area contributed by atoms with E-state index in [2.05, 4.69) is 11.2 Å². The van der Waals surface area contributed by atoms with Crippen molar-refractivity contribution in [3.8, 4) is 12.3 Å². The van der Waals surface area contributed by atoms with Crippen LogP contribution in [0.4, 0.5) is 0 Å². The Bertz CT molecular complexity index is 603. The van der Waals surface area contributed by atoms with E-state index in [1.54, 1.807) is 12.1 Å². The van der Waals surface area contributed by atoms with E-state index < -0.39 is 10.0 Å². The minimum absolute atomic E-state index is 0.0401. The lowest BCUT2D eigenvalue weighted by Crippen LogP contribution is -2.22. The molecule has 0 aromatic heterocycles. The number of rotatable bonds is 7. The lowest BCUT2D eigenvalue weighted by molar-refractivity contribution is -0.121. The van der Waals surface area contributed by atoms with Gasteiger partial charge < -0.3 is 5.32 Å². The van der Waals surface area contributed by atoms with E-state index in [0.717, 1.165) is 12.8 Å². The summed E-state index contributed by atoms with van der Waals surface area (Å²) in [6.07, 6.45) is 7.77. The highest BCUT2D eigenvalue weighted by molar-refractivity contribution is 7.89. The Balaban J connectivity index is 2.46. The molecule has 0 heterocycles. The van der Waals surface area contributed by atoms with Crippen LogP contribution in [0.25, 0.3) is 0 Å². The highest BCUT2D eigenvalue weighted by Gasteiger charge is 2.08. The van der Waals surface area contributed by atoms with Gasteiger partial charge in [0.25, 0.3) is 0 Å². The van der Waals surface area contributed by atoms with E-state index >= 15 is 0 Å². The first-order chi connectivity index (χ1) is 9.43. The Hall–Kier alpha value is -1.84. The highest BCUT2D eigenvalue weighted by Crippen LogP contribution is 2.09. The Morgan fingerprint density at radius 1 is 1.35 bits per heavy atom. The van der Waals surface area contributed by atoms with Crippen LogP contribution in [0.5, 0.6) is 0 Å². The van der Waals surface area contributed by atoms with E-state index in [1.165, 1.54) is 12.1 Å². The number of hydrogen-bond acceptors (Lipinski definition) is 3. The molecule has 1 aromatic rings. The summed E-state index contributed by atoms with van der Waals surface area (Å²) in [7, 11) is -3.72. The van der Waals surface area contributed by atoms with Crippen molar-refractivity contribution in [1.29, 1.82) is 0 Å². The second kappa shape index (κ2) is 7.68. The molecule has 20 heavy (non-hydrogen) atoms. The number of benzene rings is 1. The van der Waals surface area contributed by atoms with Crippen molar-refractivity contribution >= 4 is 15.9 Å². The maximum absolute atomic E-state index is 11.6. The third-order valence-electron chi connectivity index (χ3n) is 2.69. The first-order valence-corrected chi connectivity index (χ1v) is 7.80. The minimum atomic E-state index is -3.72. The fourth-order valence-corrected chi connectivity index (χ4v) is 2.22. The van der Waals surface area contributed by atoms with E-state index in [-0.39, 0.29) is 17.3 Å². The Morgan fingerprint density at radius 2 is 2.10 bits per heavy atom. The number of sulfonamides is 1. The zero-order valence-electron chi connectivity index (χ0n) is 11.1. The van der Waals surface area contributed by atoms with Crippen LogP contribution >= 0.6 is 0 Å². The molecule has 108 valence electrons. The zero-order chi connectivity index (χ0) is 15.0. The molecule has 0 fully saturated rings. The molecule has 0 bridgehead atoms. The van der Waals surface area contributed by atoms with Gasteiger partial charge in [-0.15, -0.1) is 12.3 Å². The van der Waals surface area contributed by atoms with Crippen LogP contribution < -0.4 is 10.5 Å². The molecule has 0 aliphatic rings. The van der Waals surface area contributed by atoms with Gasteiger partial charge in [-0.1, -0.05) is 12.1 Å². The monoisotopic (exact) mass is 294 g/mol. The highest BCUT2D eigenvalue weighted by atomic mass is 32.2. The molecule has 1 aromatic carbocycles. The third-order valence-corrected chi connectivity index (χ3v) is 3.60. The number of amides is 1. The fraction of sp³-hybridized carbons (Fsp3) is 0.357. The first kappa shape index (κ1) is 16.2. The molecule has 5 nitrogen and oxygen atoms in total. The number of hydrogen-bond donors (Lipinski definition) is 2. The summed E-state index contributed by atoms with van der Waals surface area (Å²) in [5.74, 6) is 2.44. The minimum Gasteiger partial charge on any atom is -0.352 e. The molecule has 0 saturated heterocycles. The van der Waals surface area contributed by atoms with Gasteiger partial charge in [-0.25, -0.2) is 13.6 Å². The van der Waals surface area contributed by atoms with Crippen molar-refractivity contribution in [1.82, 2.24) is 5.32 Å². The predicted octanol–water partition coefficient (Wildman–Crippen LogP) is 1.14. The van der Waals surface area contributed by atoms with Gasteiger partial charge in [0.1, 0.15) is 0 Å². The van der Waals surface area contributed by atoms with Gasteiger partial charge in [0, 0.05) is 19.4 Å². The number of unbranched alkanes of at least 4 members (excludes halogenated alkanes) is 2. The standard InChI is InChI=1S/C14H18N2O3S/c1-2-3-4-5-9-14(17)16-11-12-7-6-8-13(10-12)20(15,18)19/h1,6-8,10H,3-5,9,11H2,(H,16,17)(H2,15,18,19). The molecule has 6 heteroatoms. The smallest absolute Gasteiger partial charge is 0.238 e. The first-order valence-electron chi connectivity index (χ1n) is 6.25. The predicted molar refractivity (Wildman–Crippen MR) is 77.0 cm³/mol. The number of carbonyl (C=O) groups excluding carboxylic acids is 1. The second-order valence-electron chi connectivity index (χ2n) is 4.38. The van der Waals surface area contributed by atoms with Gasteiger partial charge in [0.2, 0.25) is 15.9 Å². The van der Waals surface area contributed by atoms with Crippen molar-refractivity contribution in [2.75, 3.05) is 0 Å². The summed E-state index contributed by atoms with van der Waals surface area (Å²) in [4.78, 5) is 11.6. The van der Waals surface area contributed by atoms with Gasteiger partial charge in [0.05, 0.1) is 4.90 Å². The summed E-state index contributed by atoms with van der Waals surface area (Å²) >= 11 is 0.